The van der Waals surface area contributed by atoms with Crippen molar-refractivity contribution in [3.63, 3.8) is 0 Å². The van der Waals surface area contributed by atoms with E-state index in [1.165, 1.54) is 37.9 Å². The van der Waals surface area contributed by atoms with Crippen LogP contribution in [0.3, 0.4) is 0 Å². The second-order valence-electron chi connectivity index (χ2n) is 3.80. The Kier molecular flexibility index (Phi) is 21.0. The van der Waals surface area contributed by atoms with E-state index in [1.54, 1.807) is 0 Å². The first kappa shape index (κ1) is 25.3. The molecule has 2 rings (SSSR count). The maximum absolute atomic E-state index is 2.26. The Hall–Kier alpha value is 1.39. The smallest absolute Gasteiger partial charge is 1.00 e. The molecule has 0 heterocycles. The van der Waals surface area contributed by atoms with E-state index in [0.29, 0.717) is 0 Å². The summed E-state index contributed by atoms with van der Waals surface area (Å²) in [6.07, 6.45) is 1.13. The Morgan fingerprint density at radius 3 is 2.00 bits per heavy atom. The third-order valence-corrected chi connectivity index (χ3v) is 3.59. The minimum atomic E-state index is 0. The molecule has 0 aliphatic rings. The molecule has 0 unspecified atom stereocenters. The first-order valence-corrected chi connectivity index (χ1v) is 7.58. The van der Waals surface area contributed by atoms with Gasteiger partial charge in [0.05, 0.1) is 0 Å². The second-order valence-corrected chi connectivity index (χ2v) is 5.72. The van der Waals surface area contributed by atoms with Crippen molar-refractivity contribution in [2.45, 2.75) is 39.3 Å². The molecule has 0 fully saturated rings. The number of fused-ring (bicyclic) bond motifs is 1. The van der Waals surface area contributed by atoms with Crippen LogP contribution < -0.4 is 48.0 Å². The summed E-state index contributed by atoms with van der Waals surface area (Å²) < 4.78 is 0. The van der Waals surface area contributed by atoms with Crippen molar-refractivity contribution >= 4 is 20.3 Å². The predicted molar refractivity (Wildman–Crippen MR) is 75.6 cm³/mol. The Bertz CT molecular complexity index is 380. The average molecular weight is 574 g/mol. The van der Waals surface area contributed by atoms with Gasteiger partial charge in [-0.1, -0.05) is 38.9 Å². The van der Waals surface area contributed by atoms with Gasteiger partial charge in [-0.3, -0.25) is 0 Å². The van der Waals surface area contributed by atoms with E-state index in [2.05, 4.69) is 57.2 Å². The molecule has 0 saturated heterocycles. The van der Waals surface area contributed by atoms with Crippen molar-refractivity contribution in [2.75, 3.05) is 0 Å². The van der Waals surface area contributed by atoms with Gasteiger partial charge in [-0.05, 0) is 6.42 Å². The number of hydrogen-bond acceptors (Lipinski definition) is 0. The van der Waals surface area contributed by atoms with Crippen LogP contribution >= 0.6 is 0 Å². The van der Waals surface area contributed by atoms with Crippen molar-refractivity contribution in [1.82, 2.24) is 0 Å². The van der Waals surface area contributed by atoms with E-state index in [9.17, 15) is 0 Å². The largest absolute Gasteiger partial charge is 3.00 e. The second kappa shape index (κ2) is 15.8. The molecule has 0 spiro atoms. The molecular weight excluding hydrogens is 553 g/mol. The minimum absolute atomic E-state index is 0. The van der Waals surface area contributed by atoms with Crippen LogP contribution in [-0.4, -0.2) is 9.52 Å². The molecule has 0 aliphatic carbocycles. The van der Waals surface area contributed by atoms with Crippen LogP contribution in [-0.2, 0) is 32.6 Å². The van der Waals surface area contributed by atoms with E-state index in [0.717, 1.165) is 6.42 Å². The normalized spacial score (nSPS) is 8.37. The van der Waals surface area contributed by atoms with Gasteiger partial charge < -0.3 is 48.0 Å². The zero-order valence-corrected chi connectivity index (χ0v) is 19.6. The summed E-state index contributed by atoms with van der Waals surface area (Å²) in [6, 6.07) is 15.8. The van der Waals surface area contributed by atoms with Crippen molar-refractivity contribution in [2.24, 2.45) is 0 Å². The van der Waals surface area contributed by atoms with Gasteiger partial charge in [-0.2, -0.15) is 6.07 Å². The third-order valence-electron chi connectivity index (χ3n) is 2.59. The number of benzene rings is 1. The first-order valence-electron chi connectivity index (χ1n) is 6.16. The van der Waals surface area contributed by atoms with Gasteiger partial charge in [-0.25, -0.2) is 0 Å². The Labute approximate surface area is 173 Å². The quantitative estimate of drug-likeness (QED) is 0.243. The molecule has 0 N–H and O–H groups in total. The summed E-state index contributed by atoms with van der Waals surface area (Å²) in [6.45, 7) is 6.64. The number of aryl methyl sites for hydroxylation is 1. The molecular formula is C15H21I2SiZr. The summed E-state index contributed by atoms with van der Waals surface area (Å²) >= 11 is 0. The van der Waals surface area contributed by atoms with E-state index in [4.69, 9.17) is 0 Å². The summed E-state index contributed by atoms with van der Waals surface area (Å²) in [5, 5.41) is 2.73. The van der Waals surface area contributed by atoms with E-state index < -0.39 is 0 Å². The van der Waals surface area contributed by atoms with Crippen molar-refractivity contribution in [3.05, 3.63) is 42.0 Å². The minimum Gasteiger partial charge on any atom is -1.00 e. The molecule has 103 valence electrons. The first-order chi connectivity index (χ1) is 7.81. The molecule has 0 nitrogen and oxygen atoms in total. The average Bonchev–Trinajstić information content (AvgIpc) is 2.73. The predicted octanol–water partition coefficient (Wildman–Crippen LogP) is -1.31. The van der Waals surface area contributed by atoms with Crippen molar-refractivity contribution in [3.8, 4) is 0 Å². The van der Waals surface area contributed by atoms with Crippen LogP contribution in [0.1, 0.15) is 26.3 Å². The fourth-order valence-electron chi connectivity index (χ4n) is 1.67. The maximum atomic E-state index is 2.26. The van der Waals surface area contributed by atoms with Gasteiger partial charge in [-0.15, -0.1) is 40.6 Å². The van der Waals surface area contributed by atoms with Crippen LogP contribution in [0.15, 0.2) is 36.4 Å². The van der Waals surface area contributed by atoms with Gasteiger partial charge in [0.2, 0.25) is 0 Å². The zero-order valence-electron chi connectivity index (χ0n) is 11.8. The molecule has 2 aromatic rings. The topological polar surface area (TPSA) is 0 Å². The third kappa shape index (κ3) is 9.86. The van der Waals surface area contributed by atoms with Crippen LogP contribution in [0.2, 0.25) is 12.1 Å². The van der Waals surface area contributed by atoms with Crippen LogP contribution in [0.4, 0.5) is 0 Å². The Balaban J connectivity index is -0.000000286. The van der Waals surface area contributed by atoms with Crippen LogP contribution in [0.25, 0.3) is 10.8 Å². The monoisotopic (exact) mass is 573 g/mol. The van der Waals surface area contributed by atoms with E-state index in [1.807, 2.05) is 0 Å². The van der Waals surface area contributed by atoms with Gasteiger partial charge in [0, 0.05) is 9.52 Å². The summed E-state index contributed by atoms with van der Waals surface area (Å²) in [4.78, 5) is 0. The molecule has 0 aromatic heterocycles. The molecule has 0 bridgehead atoms. The van der Waals surface area contributed by atoms with Crippen LogP contribution in [0.5, 0.6) is 0 Å². The van der Waals surface area contributed by atoms with Gasteiger partial charge in [0.25, 0.3) is 0 Å². The maximum Gasteiger partial charge on any atom is 3.00 e. The molecule has 0 aliphatic heterocycles. The van der Waals surface area contributed by atoms with E-state index in [-0.39, 0.29) is 74.2 Å². The number of halogens is 2. The Morgan fingerprint density at radius 1 is 1.00 bits per heavy atom. The molecule has 2 aromatic carbocycles. The Morgan fingerprint density at radius 2 is 1.58 bits per heavy atom. The zero-order chi connectivity index (χ0) is 11.8. The van der Waals surface area contributed by atoms with Crippen molar-refractivity contribution < 1.29 is 74.2 Å². The summed E-state index contributed by atoms with van der Waals surface area (Å²) in [5.74, 6) is 0. The van der Waals surface area contributed by atoms with Gasteiger partial charge in [0.15, 0.2) is 0 Å². The number of hydrogen-bond donors (Lipinski definition) is 0. The molecule has 19 heavy (non-hydrogen) atoms. The fourth-order valence-corrected chi connectivity index (χ4v) is 2.17. The molecule has 0 atom stereocenters. The fraction of sp³-hybridized carbons (Fsp3) is 0.400. The molecule has 0 amide bonds. The van der Waals surface area contributed by atoms with Crippen molar-refractivity contribution in [1.29, 1.82) is 0 Å². The molecule has 4 heteroatoms. The number of rotatable bonds is 3. The standard InChI is InChI=1S/C11H11.C4H10Si.2HI.Zr/c1-2-9-7-10-5-3-4-6-11(10)8-9;1-3-5-4-2;;;/h3-8H,2H2,1H3;3-4H2,1-2H3;2*1H;/q-1;;;;+3/p-2. The van der Waals surface area contributed by atoms with Gasteiger partial charge in [0.1, 0.15) is 0 Å². The van der Waals surface area contributed by atoms with Gasteiger partial charge >= 0.3 is 26.2 Å². The SMILES string of the molecule is CC[Si]CC.CCc1cc2ccccc2[cH-]1.[I-].[I-].[Zr+3]. The molecule has 0 saturated carbocycles. The molecule has 3 radical (unpaired) electrons. The van der Waals surface area contributed by atoms with Crippen LogP contribution in [0, 0.1) is 0 Å². The summed E-state index contributed by atoms with van der Waals surface area (Å²) in [5.41, 5.74) is 1.44. The van der Waals surface area contributed by atoms with E-state index >= 15 is 0 Å². The summed E-state index contributed by atoms with van der Waals surface area (Å²) in [7, 11) is 1.20.